The number of halogens is 2. The number of aryl methyl sites for hydroxylation is 1. The maximum Gasteiger partial charge on any atom is 0.414 e. The number of hydrogen-bond donors (Lipinski definition) is 0. The van der Waals surface area contributed by atoms with Crippen LogP contribution in [0.5, 0.6) is 0 Å². The van der Waals surface area contributed by atoms with Crippen molar-refractivity contribution in [1.82, 2.24) is 0 Å². The summed E-state index contributed by atoms with van der Waals surface area (Å²) in [5.74, 6) is 0. The molecular weight excluding hydrogens is 378 g/mol. The minimum Gasteiger partial charge on any atom is -0.444 e. The Kier molecular flexibility index (Phi) is 4.93. The largest absolute Gasteiger partial charge is 0.444 e. The second-order valence-electron chi connectivity index (χ2n) is 5.69. The average Bonchev–Trinajstić information content (AvgIpc) is 2.54. The first-order valence-corrected chi connectivity index (χ1v) is 8.71. The van der Waals surface area contributed by atoms with Crippen LogP contribution >= 0.6 is 27.5 Å². The Morgan fingerprint density at radius 3 is 2.83 bits per heavy atom. The van der Waals surface area contributed by atoms with Gasteiger partial charge in [0.15, 0.2) is 0 Å². The van der Waals surface area contributed by atoms with E-state index in [1.54, 1.807) is 4.90 Å². The molecule has 3 rings (SSSR count). The van der Waals surface area contributed by atoms with Crippen molar-refractivity contribution in [2.45, 2.75) is 32.4 Å². The fourth-order valence-corrected chi connectivity index (χ4v) is 3.92. The summed E-state index contributed by atoms with van der Waals surface area (Å²) in [6.07, 6.45) is 1.46. The molecule has 3 nitrogen and oxygen atoms in total. The molecule has 0 saturated carbocycles. The molecule has 1 aliphatic rings. The Bertz CT molecular complexity index is 720. The average molecular weight is 395 g/mol. The number of rotatable bonds is 2. The van der Waals surface area contributed by atoms with Crippen LogP contribution in [0.4, 0.5) is 10.5 Å². The summed E-state index contributed by atoms with van der Waals surface area (Å²) in [4.78, 5) is 14.4. The zero-order valence-corrected chi connectivity index (χ0v) is 15.1. The summed E-state index contributed by atoms with van der Waals surface area (Å²) in [5.41, 5.74) is 2.91. The number of benzene rings is 2. The van der Waals surface area contributed by atoms with E-state index in [-0.39, 0.29) is 18.7 Å². The highest BCUT2D eigenvalue weighted by molar-refractivity contribution is 9.10. The van der Waals surface area contributed by atoms with Gasteiger partial charge < -0.3 is 4.74 Å². The normalized spacial score (nSPS) is 16.8. The van der Waals surface area contributed by atoms with Crippen molar-refractivity contribution in [3.8, 4) is 0 Å². The van der Waals surface area contributed by atoms with E-state index in [0.29, 0.717) is 5.02 Å². The summed E-state index contributed by atoms with van der Waals surface area (Å²) < 4.78 is 6.34. The lowest BCUT2D eigenvalue weighted by atomic mass is 9.97. The van der Waals surface area contributed by atoms with Gasteiger partial charge in [0.2, 0.25) is 0 Å². The quantitative estimate of drug-likeness (QED) is 0.665. The van der Waals surface area contributed by atoms with Crippen molar-refractivity contribution in [2.24, 2.45) is 0 Å². The van der Waals surface area contributed by atoms with Gasteiger partial charge >= 0.3 is 6.09 Å². The highest BCUT2D eigenvalue weighted by Crippen LogP contribution is 2.39. The molecule has 1 heterocycles. The third-order valence-electron chi connectivity index (χ3n) is 4.02. The van der Waals surface area contributed by atoms with Crippen molar-refractivity contribution in [1.29, 1.82) is 0 Å². The molecule has 1 unspecified atom stereocenters. The zero-order valence-electron chi connectivity index (χ0n) is 12.8. The van der Waals surface area contributed by atoms with Crippen LogP contribution in [0, 0.1) is 0 Å². The summed E-state index contributed by atoms with van der Waals surface area (Å²) in [6, 6.07) is 13.5. The lowest BCUT2D eigenvalue weighted by molar-refractivity contribution is 0.144. The molecule has 2 aromatic carbocycles. The van der Waals surface area contributed by atoms with Crippen LogP contribution in [0.2, 0.25) is 5.02 Å². The van der Waals surface area contributed by atoms with Crippen molar-refractivity contribution in [2.75, 3.05) is 4.90 Å². The molecule has 0 saturated heterocycles. The standard InChI is InChI=1S/C18H17BrClNO2/c1-12-7-8-14-9-15(20)10-16(19)17(14)21(12)18(22)23-11-13-5-3-2-4-6-13/h2-6,9-10,12H,7-8,11H2,1H3. The van der Waals surface area contributed by atoms with Crippen molar-refractivity contribution in [3.63, 3.8) is 0 Å². The van der Waals surface area contributed by atoms with E-state index in [9.17, 15) is 4.79 Å². The van der Waals surface area contributed by atoms with E-state index in [1.165, 1.54) is 0 Å². The Morgan fingerprint density at radius 2 is 2.09 bits per heavy atom. The molecule has 0 aliphatic carbocycles. The van der Waals surface area contributed by atoms with Gasteiger partial charge in [0.1, 0.15) is 6.61 Å². The van der Waals surface area contributed by atoms with Gasteiger partial charge in [0, 0.05) is 15.5 Å². The summed E-state index contributed by atoms with van der Waals surface area (Å²) in [7, 11) is 0. The van der Waals surface area contributed by atoms with Crippen molar-refractivity contribution in [3.05, 3.63) is 63.1 Å². The van der Waals surface area contributed by atoms with Gasteiger partial charge in [-0.3, -0.25) is 4.90 Å². The molecule has 0 aromatic heterocycles. The predicted molar refractivity (Wildman–Crippen MR) is 96.0 cm³/mol. The van der Waals surface area contributed by atoms with Crippen LogP contribution in [0.25, 0.3) is 0 Å². The predicted octanol–water partition coefficient (Wildman–Crippen LogP) is 5.58. The SMILES string of the molecule is CC1CCc2cc(Cl)cc(Br)c2N1C(=O)OCc1ccccc1. The molecule has 0 radical (unpaired) electrons. The monoisotopic (exact) mass is 393 g/mol. The van der Waals surface area contributed by atoms with Crippen LogP contribution in [0.3, 0.4) is 0 Å². The second kappa shape index (κ2) is 6.93. The lowest BCUT2D eigenvalue weighted by Gasteiger charge is -2.35. The summed E-state index contributed by atoms with van der Waals surface area (Å²) >= 11 is 9.65. The van der Waals surface area contributed by atoms with Gasteiger partial charge in [-0.1, -0.05) is 41.9 Å². The highest BCUT2D eigenvalue weighted by atomic mass is 79.9. The van der Waals surface area contributed by atoms with Gasteiger partial charge in [0.05, 0.1) is 5.69 Å². The van der Waals surface area contributed by atoms with Crippen LogP contribution in [0.15, 0.2) is 46.9 Å². The molecule has 0 fully saturated rings. The number of carbonyl (C=O) groups is 1. The number of fused-ring (bicyclic) bond motifs is 1. The molecule has 5 heteroatoms. The number of anilines is 1. The molecule has 0 bridgehead atoms. The van der Waals surface area contributed by atoms with E-state index < -0.39 is 0 Å². The molecule has 23 heavy (non-hydrogen) atoms. The molecule has 120 valence electrons. The topological polar surface area (TPSA) is 29.5 Å². The van der Waals surface area contributed by atoms with Crippen LogP contribution in [-0.2, 0) is 17.8 Å². The fourth-order valence-electron chi connectivity index (χ4n) is 2.85. The molecule has 0 N–H and O–H groups in total. The Labute approximate surface area is 149 Å². The first-order valence-electron chi connectivity index (χ1n) is 7.54. The van der Waals surface area contributed by atoms with E-state index in [0.717, 1.165) is 34.1 Å². The molecule has 2 aromatic rings. The number of nitrogens with zero attached hydrogens (tertiary/aromatic N) is 1. The zero-order chi connectivity index (χ0) is 16.4. The van der Waals surface area contributed by atoms with E-state index in [1.807, 2.05) is 49.4 Å². The van der Waals surface area contributed by atoms with Crippen LogP contribution in [-0.4, -0.2) is 12.1 Å². The fraction of sp³-hybridized carbons (Fsp3) is 0.278. The highest BCUT2D eigenvalue weighted by Gasteiger charge is 2.31. The summed E-state index contributed by atoms with van der Waals surface area (Å²) in [5, 5.41) is 0.669. The Hall–Kier alpha value is -1.52. The van der Waals surface area contributed by atoms with Crippen LogP contribution < -0.4 is 4.90 Å². The molecule has 1 aliphatic heterocycles. The molecule has 0 spiro atoms. The Morgan fingerprint density at radius 1 is 1.35 bits per heavy atom. The van der Waals surface area contributed by atoms with E-state index >= 15 is 0 Å². The van der Waals surface area contributed by atoms with E-state index in [4.69, 9.17) is 16.3 Å². The lowest BCUT2D eigenvalue weighted by Crippen LogP contribution is -2.42. The molecule has 1 amide bonds. The van der Waals surface area contributed by atoms with Crippen molar-refractivity contribution < 1.29 is 9.53 Å². The Balaban J connectivity index is 1.83. The van der Waals surface area contributed by atoms with E-state index in [2.05, 4.69) is 15.9 Å². The first-order chi connectivity index (χ1) is 11.1. The first kappa shape index (κ1) is 16.3. The van der Waals surface area contributed by atoms with Gasteiger partial charge in [-0.25, -0.2) is 4.79 Å². The molecule has 1 atom stereocenters. The van der Waals surface area contributed by atoms with Gasteiger partial charge in [-0.2, -0.15) is 0 Å². The van der Waals surface area contributed by atoms with Gasteiger partial charge in [-0.05, 0) is 59.0 Å². The third-order valence-corrected chi connectivity index (χ3v) is 4.84. The smallest absolute Gasteiger partial charge is 0.414 e. The minimum atomic E-state index is -0.328. The maximum absolute atomic E-state index is 12.6. The maximum atomic E-state index is 12.6. The number of carbonyl (C=O) groups excluding carboxylic acids is 1. The third kappa shape index (κ3) is 3.54. The minimum absolute atomic E-state index is 0.0863. The van der Waals surface area contributed by atoms with Gasteiger partial charge in [0.25, 0.3) is 0 Å². The number of hydrogen-bond acceptors (Lipinski definition) is 2. The second-order valence-corrected chi connectivity index (χ2v) is 6.98. The summed E-state index contributed by atoms with van der Waals surface area (Å²) in [6.45, 7) is 2.30. The number of ether oxygens (including phenoxy) is 1. The van der Waals surface area contributed by atoms with Crippen LogP contribution in [0.1, 0.15) is 24.5 Å². The van der Waals surface area contributed by atoms with Gasteiger partial charge in [-0.15, -0.1) is 0 Å². The molecular formula is C18H17BrClNO2. The van der Waals surface area contributed by atoms with Crippen molar-refractivity contribution >= 4 is 39.3 Å². The number of amides is 1.